The van der Waals surface area contributed by atoms with E-state index in [9.17, 15) is 18.2 Å². The third-order valence-corrected chi connectivity index (χ3v) is 7.39. The maximum absolute atomic E-state index is 14.9. The minimum Gasteiger partial charge on any atom is -0.442 e. The molecule has 0 saturated carbocycles. The van der Waals surface area contributed by atoms with Gasteiger partial charge in [-0.2, -0.15) is 0 Å². The fraction of sp³-hybridized carbons (Fsp3) is 0.227. The molecular weight excluding hydrogens is 453 g/mol. The number of nitrogens with one attached hydrogen (secondary N) is 1. The van der Waals surface area contributed by atoms with Crippen molar-refractivity contribution in [2.75, 3.05) is 18.0 Å². The van der Waals surface area contributed by atoms with Gasteiger partial charge in [-0.25, -0.2) is 14.2 Å². The summed E-state index contributed by atoms with van der Waals surface area (Å²) in [7, 11) is -1.21. The molecule has 32 heavy (non-hydrogen) atoms. The summed E-state index contributed by atoms with van der Waals surface area (Å²) in [6.45, 7) is 1.82. The van der Waals surface area contributed by atoms with Gasteiger partial charge in [0.05, 0.1) is 35.3 Å². The van der Waals surface area contributed by atoms with Gasteiger partial charge in [-0.3, -0.25) is 13.9 Å². The molecule has 1 saturated heterocycles. The van der Waals surface area contributed by atoms with Crippen molar-refractivity contribution in [3.63, 3.8) is 0 Å². The Morgan fingerprint density at radius 1 is 1.31 bits per heavy atom. The first-order valence-electron chi connectivity index (χ1n) is 9.80. The van der Waals surface area contributed by atoms with E-state index in [-0.39, 0.29) is 19.0 Å². The minimum absolute atomic E-state index is 0.206. The van der Waals surface area contributed by atoms with Crippen LogP contribution in [-0.4, -0.2) is 40.4 Å². The number of aromatic nitrogens is 1. The molecule has 7 nitrogen and oxygen atoms in total. The van der Waals surface area contributed by atoms with Crippen LogP contribution in [0.2, 0.25) is 0 Å². The van der Waals surface area contributed by atoms with Gasteiger partial charge >= 0.3 is 6.09 Å². The van der Waals surface area contributed by atoms with E-state index < -0.39 is 28.8 Å². The van der Waals surface area contributed by atoms with Crippen molar-refractivity contribution in [1.29, 1.82) is 0 Å². The van der Waals surface area contributed by atoms with Crippen LogP contribution in [0.15, 0.2) is 58.4 Å². The molecule has 10 heteroatoms. The molecule has 2 heterocycles. The van der Waals surface area contributed by atoms with Gasteiger partial charge in [0, 0.05) is 24.1 Å². The predicted molar refractivity (Wildman–Crippen MR) is 120 cm³/mol. The highest BCUT2D eigenvalue weighted by atomic mass is 32.2. The number of ether oxygens (including phenoxy) is 1. The highest BCUT2D eigenvalue weighted by molar-refractivity contribution is 7.86. The zero-order chi connectivity index (χ0) is 22.7. The summed E-state index contributed by atoms with van der Waals surface area (Å²) < 4.78 is 33.0. The summed E-state index contributed by atoms with van der Waals surface area (Å²) in [5.41, 5.74) is 2.32. The number of halogens is 1. The Labute approximate surface area is 190 Å². The fourth-order valence-electron chi connectivity index (χ4n) is 3.32. The normalized spacial score (nSPS) is 16.6. The van der Waals surface area contributed by atoms with Crippen LogP contribution in [0, 0.1) is 5.82 Å². The van der Waals surface area contributed by atoms with E-state index in [1.54, 1.807) is 35.8 Å². The topological polar surface area (TPSA) is 88.6 Å². The van der Waals surface area contributed by atoms with Gasteiger partial charge < -0.3 is 10.1 Å². The lowest BCUT2D eigenvalue weighted by Crippen LogP contribution is -2.33. The number of thiazole rings is 1. The second-order valence-corrected chi connectivity index (χ2v) is 9.72. The fourth-order valence-corrected chi connectivity index (χ4v) is 5.25. The lowest BCUT2D eigenvalue weighted by molar-refractivity contribution is -0.119. The van der Waals surface area contributed by atoms with Crippen LogP contribution < -0.4 is 10.2 Å². The first-order valence-corrected chi connectivity index (χ1v) is 12.0. The largest absolute Gasteiger partial charge is 0.442 e. The summed E-state index contributed by atoms with van der Waals surface area (Å²) in [6.07, 6.45) is 0.556. The van der Waals surface area contributed by atoms with Gasteiger partial charge in [0.1, 0.15) is 11.9 Å². The van der Waals surface area contributed by atoms with E-state index >= 15 is 0 Å². The Kier molecular flexibility index (Phi) is 6.61. The molecule has 1 N–H and O–H groups in total. The lowest BCUT2D eigenvalue weighted by atomic mass is 10.0. The summed E-state index contributed by atoms with van der Waals surface area (Å²) >= 11 is 1.35. The molecule has 1 unspecified atom stereocenters. The Bertz CT molecular complexity index is 1150. The molecule has 0 spiro atoms. The third-order valence-electron chi connectivity index (χ3n) is 4.88. The van der Waals surface area contributed by atoms with Crippen molar-refractivity contribution < 1.29 is 22.9 Å². The molecule has 0 radical (unpaired) electrons. The molecule has 1 aliphatic heterocycles. The zero-order valence-corrected chi connectivity index (χ0v) is 18.7. The molecule has 166 valence electrons. The van der Waals surface area contributed by atoms with Gasteiger partial charge in [0.2, 0.25) is 5.91 Å². The number of nitrogens with zero attached hydrogens (tertiary/aromatic N) is 2. The molecule has 1 aliphatic rings. The molecule has 2 amide bonds. The molecule has 0 aliphatic carbocycles. The number of carbonyl (C=O) groups excluding carboxylic acids is 2. The number of carbonyl (C=O) groups is 2. The molecule has 2 atom stereocenters. The van der Waals surface area contributed by atoms with E-state index in [0.29, 0.717) is 26.9 Å². The van der Waals surface area contributed by atoms with Crippen LogP contribution in [0.3, 0.4) is 0 Å². The van der Waals surface area contributed by atoms with E-state index in [2.05, 4.69) is 10.3 Å². The molecular formula is C22H20FN3O4S2. The van der Waals surface area contributed by atoms with Crippen molar-refractivity contribution in [2.24, 2.45) is 0 Å². The van der Waals surface area contributed by atoms with Crippen molar-refractivity contribution in [3.8, 4) is 11.1 Å². The molecule has 0 bridgehead atoms. The molecule has 1 aromatic heterocycles. The Morgan fingerprint density at radius 3 is 2.75 bits per heavy atom. The molecule has 3 aromatic rings. The molecule has 1 fully saturated rings. The maximum atomic E-state index is 14.9. The SMILES string of the molecule is CC(=O)NC[C@H]1CN(c2ccc(-c3ccc(CS(=O)c4nccs4)cc3)c(F)c2)C(=O)O1. The quantitative estimate of drug-likeness (QED) is 0.565. The van der Waals surface area contributed by atoms with Crippen LogP contribution in [0.5, 0.6) is 0 Å². The number of amides is 2. The van der Waals surface area contributed by atoms with E-state index in [4.69, 9.17) is 4.74 Å². The van der Waals surface area contributed by atoms with Crippen molar-refractivity contribution in [1.82, 2.24) is 10.3 Å². The van der Waals surface area contributed by atoms with Gasteiger partial charge in [0.25, 0.3) is 0 Å². The van der Waals surface area contributed by atoms with Crippen LogP contribution in [0.1, 0.15) is 12.5 Å². The Hall–Kier alpha value is -3.11. The smallest absolute Gasteiger partial charge is 0.414 e. The number of benzene rings is 2. The number of rotatable bonds is 7. The summed E-state index contributed by atoms with van der Waals surface area (Å²) in [5.74, 6) is -0.346. The first kappa shape index (κ1) is 22.1. The highest BCUT2D eigenvalue weighted by Gasteiger charge is 2.32. The second kappa shape index (κ2) is 9.58. The van der Waals surface area contributed by atoms with Crippen LogP contribution in [0.4, 0.5) is 14.9 Å². The number of cyclic esters (lactones) is 1. The Morgan fingerprint density at radius 2 is 2.09 bits per heavy atom. The van der Waals surface area contributed by atoms with Crippen molar-refractivity contribution in [3.05, 3.63) is 65.4 Å². The number of hydrogen-bond donors (Lipinski definition) is 1. The summed E-state index contributed by atoms with van der Waals surface area (Å²) in [6, 6.07) is 11.8. The van der Waals surface area contributed by atoms with E-state index in [1.807, 2.05) is 12.1 Å². The highest BCUT2D eigenvalue weighted by Crippen LogP contribution is 2.29. The van der Waals surface area contributed by atoms with E-state index in [1.165, 1.54) is 29.2 Å². The second-order valence-electron chi connectivity index (χ2n) is 7.20. The molecule has 2 aromatic carbocycles. The maximum Gasteiger partial charge on any atom is 0.414 e. The average Bonchev–Trinajstić information content (AvgIpc) is 3.43. The number of hydrogen-bond acceptors (Lipinski definition) is 6. The minimum atomic E-state index is -1.21. The average molecular weight is 474 g/mol. The zero-order valence-electron chi connectivity index (χ0n) is 17.1. The van der Waals surface area contributed by atoms with Gasteiger partial charge in [-0.15, -0.1) is 11.3 Å². The van der Waals surface area contributed by atoms with Crippen LogP contribution >= 0.6 is 11.3 Å². The van der Waals surface area contributed by atoms with Crippen LogP contribution in [0.25, 0.3) is 11.1 Å². The summed E-state index contributed by atoms with van der Waals surface area (Å²) in [5, 5.41) is 4.39. The van der Waals surface area contributed by atoms with Crippen LogP contribution in [-0.2, 0) is 26.1 Å². The van der Waals surface area contributed by atoms with Crippen molar-refractivity contribution in [2.45, 2.75) is 23.1 Å². The molecule has 4 rings (SSSR count). The third kappa shape index (κ3) is 5.03. The van der Waals surface area contributed by atoms with Gasteiger partial charge in [-0.05, 0) is 29.3 Å². The predicted octanol–water partition coefficient (Wildman–Crippen LogP) is 3.72. The number of anilines is 1. The van der Waals surface area contributed by atoms with Gasteiger partial charge in [0.15, 0.2) is 4.34 Å². The first-order chi connectivity index (χ1) is 15.4. The summed E-state index contributed by atoms with van der Waals surface area (Å²) in [4.78, 5) is 28.6. The lowest BCUT2D eigenvalue weighted by Gasteiger charge is -2.14. The monoisotopic (exact) mass is 473 g/mol. The Balaban J connectivity index is 1.45. The standard InChI is InChI=1S/C22H20FN3O4S2/c1-14(27)25-11-18-12-26(22(28)30-18)17-6-7-19(20(23)10-17)16-4-2-15(3-5-16)13-32(29)21-24-8-9-31-21/h2-10,18H,11-13H2,1H3,(H,25,27)/t18-,32?/m0/s1. The van der Waals surface area contributed by atoms with Crippen molar-refractivity contribution >= 4 is 39.8 Å². The van der Waals surface area contributed by atoms with Gasteiger partial charge in [-0.1, -0.05) is 24.3 Å². The van der Waals surface area contributed by atoms with E-state index in [0.717, 1.165) is 5.56 Å².